The van der Waals surface area contributed by atoms with Crippen molar-refractivity contribution in [2.24, 2.45) is 5.73 Å². The van der Waals surface area contributed by atoms with Crippen LogP contribution in [0.3, 0.4) is 0 Å². The fourth-order valence-corrected chi connectivity index (χ4v) is 4.22. The van der Waals surface area contributed by atoms with E-state index in [1.807, 2.05) is 42.5 Å². The van der Waals surface area contributed by atoms with E-state index in [9.17, 15) is 4.79 Å². The normalized spacial score (nSPS) is 18.4. The summed E-state index contributed by atoms with van der Waals surface area (Å²) in [6, 6.07) is 22.2. The standard InChI is InChI=1S/C24H21NO3/c1-27-19-8-5-9-20-21(19)17-11-10-16(24(12-13-24)23(25)26)14-18(17)22(28-20)15-6-3-2-4-7-15/h2-11,14,22H,12-13H2,1H3,(H2,25,26). The third kappa shape index (κ3) is 2.41. The zero-order chi connectivity index (χ0) is 19.3. The van der Waals surface area contributed by atoms with E-state index in [0.717, 1.165) is 52.2 Å². The minimum Gasteiger partial charge on any atom is -0.496 e. The van der Waals surface area contributed by atoms with Gasteiger partial charge in [-0.2, -0.15) is 0 Å². The Balaban J connectivity index is 1.74. The minimum atomic E-state index is -0.530. The number of hydrogen-bond donors (Lipinski definition) is 1. The van der Waals surface area contributed by atoms with Crippen molar-refractivity contribution in [3.8, 4) is 22.6 Å². The Labute approximate surface area is 163 Å². The lowest BCUT2D eigenvalue weighted by Gasteiger charge is -2.31. The Morgan fingerprint density at radius 1 is 1.07 bits per heavy atom. The van der Waals surface area contributed by atoms with Gasteiger partial charge in [-0.3, -0.25) is 4.79 Å². The Morgan fingerprint density at radius 2 is 1.86 bits per heavy atom. The van der Waals surface area contributed by atoms with Gasteiger partial charge in [0.25, 0.3) is 0 Å². The molecule has 1 aliphatic heterocycles. The first-order valence-corrected chi connectivity index (χ1v) is 9.47. The van der Waals surface area contributed by atoms with Crippen LogP contribution in [0, 0.1) is 0 Å². The first kappa shape index (κ1) is 16.9. The van der Waals surface area contributed by atoms with E-state index in [1.54, 1.807) is 7.11 Å². The van der Waals surface area contributed by atoms with E-state index in [4.69, 9.17) is 15.2 Å². The van der Waals surface area contributed by atoms with Crippen LogP contribution in [0.15, 0.2) is 66.7 Å². The van der Waals surface area contributed by atoms with E-state index in [-0.39, 0.29) is 12.0 Å². The van der Waals surface area contributed by atoms with Crippen molar-refractivity contribution in [3.63, 3.8) is 0 Å². The largest absolute Gasteiger partial charge is 0.496 e. The predicted molar refractivity (Wildman–Crippen MR) is 107 cm³/mol. The highest BCUT2D eigenvalue weighted by Crippen LogP contribution is 2.53. The summed E-state index contributed by atoms with van der Waals surface area (Å²) in [6.07, 6.45) is 1.36. The van der Waals surface area contributed by atoms with E-state index in [1.165, 1.54) is 0 Å². The van der Waals surface area contributed by atoms with E-state index < -0.39 is 5.41 Å². The molecule has 3 aromatic carbocycles. The fraction of sp³-hybridized carbons (Fsp3) is 0.208. The van der Waals surface area contributed by atoms with Crippen LogP contribution < -0.4 is 15.2 Å². The van der Waals surface area contributed by atoms with Gasteiger partial charge in [-0.15, -0.1) is 0 Å². The van der Waals surface area contributed by atoms with E-state index in [0.29, 0.717) is 0 Å². The minimum absolute atomic E-state index is 0.251. The first-order valence-electron chi connectivity index (χ1n) is 9.47. The van der Waals surface area contributed by atoms with Gasteiger partial charge in [-0.05, 0) is 41.7 Å². The highest BCUT2D eigenvalue weighted by molar-refractivity contribution is 5.91. The molecule has 1 atom stereocenters. The van der Waals surface area contributed by atoms with Crippen molar-refractivity contribution in [2.45, 2.75) is 24.4 Å². The van der Waals surface area contributed by atoms with Gasteiger partial charge < -0.3 is 15.2 Å². The van der Waals surface area contributed by atoms with Gasteiger partial charge >= 0.3 is 0 Å². The van der Waals surface area contributed by atoms with Gasteiger partial charge in [-0.1, -0.05) is 54.6 Å². The van der Waals surface area contributed by atoms with Crippen molar-refractivity contribution in [1.82, 2.24) is 0 Å². The molecule has 1 aliphatic carbocycles. The number of carbonyl (C=O) groups is 1. The summed E-state index contributed by atoms with van der Waals surface area (Å²) in [4.78, 5) is 12.1. The number of fused-ring (bicyclic) bond motifs is 3. The van der Waals surface area contributed by atoms with Crippen molar-refractivity contribution < 1.29 is 14.3 Å². The molecule has 140 valence electrons. The van der Waals surface area contributed by atoms with Crippen LogP contribution in [-0.4, -0.2) is 13.0 Å². The zero-order valence-electron chi connectivity index (χ0n) is 15.6. The van der Waals surface area contributed by atoms with E-state index in [2.05, 4.69) is 24.3 Å². The SMILES string of the molecule is COc1cccc2c1-c1ccc(C3(C(N)=O)CC3)cc1C(c1ccccc1)O2. The Morgan fingerprint density at radius 3 is 2.54 bits per heavy atom. The van der Waals surface area contributed by atoms with Crippen LogP contribution in [0.5, 0.6) is 11.5 Å². The molecular formula is C24H21NO3. The van der Waals surface area contributed by atoms with Crippen LogP contribution in [0.2, 0.25) is 0 Å². The molecule has 2 N–H and O–H groups in total. The molecule has 0 bridgehead atoms. The highest BCUT2D eigenvalue weighted by Gasteiger charge is 2.50. The quantitative estimate of drug-likeness (QED) is 0.741. The number of hydrogen-bond acceptors (Lipinski definition) is 3. The molecule has 4 nitrogen and oxygen atoms in total. The number of benzene rings is 3. The second-order valence-corrected chi connectivity index (χ2v) is 7.49. The molecule has 4 heteroatoms. The number of methoxy groups -OCH3 is 1. The number of carbonyl (C=O) groups excluding carboxylic acids is 1. The summed E-state index contributed by atoms with van der Waals surface area (Å²) in [7, 11) is 1.67. The van der Waals surface area contributed by atoms with Crippen LogP contribution in [0.4, 0.5) is 0 Å². The highest BCUT2D eigenvalue weighted by atomic mass is 16.5. The number of ether oxygens (including phenoxy) is 2. The van der Waals surface area contributed by atoms with Crippen molar-refractivity contribution in [2.75, 3.05) is 7.11 Å². The Kier molecular flexibility index (Phi) is 3.69. The molecule has 0 spiro atoms. The van der Waals surface area contributed by atoms with Crippen molar-refractivity contribution in [3.05, 3.63) is 83.4 Å². The Hall–Kier alpha value is -3.27. The maximum atomic E-state index is 12.1. The maximum Gasteiger partial charge on any atom is 0.228 e. The zero-order valence-corrected chi connectivity index (χ0v) is 15.6. The molecule has 0 aromatic heterocycles. The third-order valence-electron chi connectivity index (χ3n) is 5.93. The maximum absolute atomic E-state index is 12.1. The summed E-state index contributed by atoms with van der Waals surface area (Å²) >= 11 is 0. The van der Waals surface area contributed by atoms with Gasteiger partial charge in [0.15, 0.2) is 0 Å². The molecule has 1 heterocycles. The summed E-state index contributed by atoms with van der Waals surface area (Å²) in [6.45, 7) is 0. The Bertz CT molecular complexity index is 1070. The number of nitrogens with two attached hydrogens (primary N) is 1. The van der Waals surface area contributed by atoms with Crippen LogP contribution in [0.1, 0.15) is 35.6 Å². The molecule has 5 rings (SSSR count). The molecule has 1 fully saturated rings. The lowest BCUT2D eigenvalue weighted by Crippen LogP contribution is -2.28. The molecule has 1 saturated carbocycles. The molecule has 0 saturated heterocycles. The second-order valence-electron chi connectivity index (χ2n) is 7.49. The first-order chi connectivity index (χ1) is 13.6. The average molecular weight is 371 g/mol. The molecule has 3 aromatic rings. The average Bonchev–Trinajstić information content (AvgIpc) is 3.55. The lowest BCUT2D eigenvalue weighted by atomic mass is 9.84. The molecule has 1 unspecified atom stereocenters. The smallest absolute Gasteiger partial charge is 0.228 e. The summed E-state index contributed by atoms with van der Waals surface area (Å²) in [5, 5.41) is 0. The third-order valence-corrected chi connectivity index (χ3v) is 5.93. The monoisotopic (exact) mass is 371 g/mol. The second kappa shape index (κ2) is 6.13. The molecule has 0 radical (unpaired) electrons. The fourth-order valence-electron chi connectivity index (χ4n) is 4.22. The number of primary amides is 1. The van der Waals surface area contributed by atoms with Gasteiger partial charge in [-0.25, -0.2) is 0 Å². The van der Waals surface area contributed by atoms with Crippen LogP contribution in [-0.2, 0) is 10.2 Å². The number of rotatable bonds is 4. The molecule has 28 heavy (non-hydrogen) atoms. The van der Waals surface area contributed by atoms with Crippen LogP contribution >= 0.6 is 0 Å². The van der Waals surface area contributed by atoms with Gasteiger partial charge in [0.2, 0.25) is 5.91 Å². The summed E-state index contributed by atoms with van der Waals surface area (Å²) in [5.41, 5.74) is 10.3. The summed E-state index contributed by atoms with van der Waals surface area (Å²) < 4.78 is 12.0. The van der Waals surface area contributed by atoms with E-state index >= 15 is 0 Å². The predicted octanol–water partition coefficient (Wildman–Crippen LogP) is 4.36. The topological polar surface area (TPSA) is 61.5 Å². The van der Waals surface area contributed by atoms with Gasteiger partial charge in [0.05, 0.1) is 18.1 Å². The number of amides is 1. The molecule has 2 aliphatic rings. The van der Waals surface area contributed by atoms with Crippen molar-refractivity contribution in [1.29, 1.82) is 0 Å². The molecular weight excluding hydrogens is 350 g/mol. The van der Waals surface area contributed by atoms with Gasteiger partial charge in [0.1, 0.15) is 17.6 Å². The lowest BCUT2D eigenvalue weighted by molar-refractivity contribution is -0.120. The summed E-state index contributed by atoms with van der Waals surface area (Å²) in [5.74, 6) is 1.32. The molecule has 1 amide bonds. The van der Waals surface area contributed by atoms with Crippen molar-refractivity contribution >= 4 is 5.91 Å². The van der Waals surface area contributed by atoms with Gasteiger partial charge in [0, 0.05) is 5.56 Å². The van der Waals surface area contributed by atoms with Crippen LogP contribution in [0.25, 0.3) is 11.1 Å².